The van der Waals surface area contributed by atoms with Crippen LogP contribution in [0.5, 0.6) is 0 Å². The molecule has 2 rings (SSSR count). The van der Waals surface area contributed by atoms with Crippen LogP contribution in [0.1, 0.15) is 25.3 Å². The van der Waals surface area contributed by atoms with Crippen molar-refractivity contribution < 1.29 is 29.1 Å². The molecule has 1 aromatic carbocycles. The van der Waals surface area contributed by atoms with E-state index in [1.165, 1.54) is 18.7 Å². The first-order valence-electron chi connectivity index (χ1n) is 11.2. The van der Waals surface area contributed by atoms with Gasteiger partial charge >= 0.3 is 5.97 Å². The first kappa shape index (κ1) is 28.7. The van der Waals surface area contributed by atoms with Gasteiger partial charge < -0.3 is 37.5 Å². The molecule has 0 aliphatic heterocycles. The number of amides is 4. The number of primary amides is 1. The van der Waals surface area contributed by atoms with E-state index in [1.54, 1.807) is 12.5 Å². The zero-order chi connectivity index (χ0) is 26.8. The summed E-state index contributed by atoms with van der Waals surface area (Å²) in [7, 11) is 0. The highest BCUT2D eigenvalue weighted by Gasteiger charge is 2.29. The van der Waals surface area contributed by atoms with E-state index in [2.05, 4.69) is 20.9 Å². The molecular weight excluding hydrogens is 488 g/mol. The summed E-state index contributed by atoms with van der Waals surface area (Å²) < 4.78 is 0. The number of para-hydroxylation sites is 1. The van der Waals surface area contributed by atoms with Crippen molar-refractivity contribution in [3.8, 4) is 0 Å². The monoisotopic (exact) mass is 520 g/mol. The summed E-state index contributed by atoms with van der Waals surface area (Å²) in [4.78, 5) is 63.8. The van der Waals surface area contributed by atoms with Crippen LogP contribution in [0.3, 0.4) is 0 Å². The number of thioether (sulfide) groups is 1. The van der Waals surface area contributed by atoms with Crippen LogP contribution < -0.4 is 27.4 Å². The number of H-pyrrole nitrogens is 1. The van der Waals surface area contributed by atoms with Gasteiger partial charge in [-0.2, -0.15) is 11.8 Å². The van der Waals surface area contributed by atoms with E-state index in [4.69, 9.17) is 11.5 Å². The summed E-state index contributed by atoms with van der Waals surface area (Å²) >= 11 is 1.41. The minimum absolute atomic E-state index is 0.153. The number of carboxylic acid groups (broad SMARTS) is 1. The number of nitrogens with two attached hydrogens (primary N) is 2. The summed E-state index contributed by atoms with van der Waals surface area (Å²) in [6, 6.07) is 2.91. The maximum atomic E-state index is 12.7. The Morgan fingerprint density at radius 2 is 1.69 bits per heavy atom. The minimum atomic E-state index is -1.41. The second kappa shape index (κ2) is 13.5. The quantitative estimate of drug-likeness (QED) is 0.168. The number of benzene rings is 1. The molecule has 0 aliphatic carbocycles. The SMILES string of the molecule is CSCCC(NC(=O)C(CC(N)=O)NC(=O)C(C)NC(=O)C(N)Cc1c[nH]c2ccccc12)C(=O)O. The van der Waals surface area contributed by atoms with E-state index in [0.717, 1.165) is 16.5 Å². The third-order valence-corrected chi connectivity index (χ3v) is 6.11. The molecule has 0 aliphatic rings. The Kier molecular flexibility index (Phi) is 10.7. The second-order valence-corrected chi connectivity index (χ2v) is 9.30. The van der Waals surface area contributed by atoms with Crippen molar-refractivity contribution in [3.63, 3.8) is 0 Å². The van der Waals surface area contributed by atoms with Crippen LogP contribution in [0.25, 0.3) is 10.9 Å². The Morgan fingerprint density at radius 1 is 1.03 bits per heavy atom. The molecule has 36 heavy (non-hydrogen) atoms. The molecule has 2 aromatic rings. The van der Waals surface area contributed by atoms with Gasteiger partial charge in [-0.05, 0) is 43.4 Å². The first-order chi connectivity index (χ1) is 17.0. The van der Waals surface area contributed by atoms with E-state index < -0.39 is 60.2 Å². The van der Waals surface area contributed by atoms with E-state index in [9.17, 15) is 29.1 Å². The van der Waals surface area contributed by atoms with Crippen LogP contribution >= 0.6 is 11.8 Å². The number of nitrogens with one attached hydrogen (secondary N) is 4. The van der Waals surface area contributed by atoms with E-state index in [-0.39, 0.29) is 12.8 Å². The lowest BCUT2D eigenvalue weighted by molar-refractivity contribution is -0.142. The maximum Gasteiger partial charge on any atom is 0.326 e. The van der Waals surface area contributed by atoms with Gasteiger partial charge in [-0.15, -0.1) is 0 Å². The number of carbonyl (C=O) groups excluding carboxylic acids is 4. The van der Waals surface area contributed by atoms with Gasteiger partial charge in [0, 0.05) is 17.1 Å². The summed E-state index contributed by atoms with van der Waals surface area (Å²) in [6.45, 7) is 1.39. The number of carboxylic acids is 1. The molecule has 0 radical (unpaired) electrons. The normalized spacial score (nSPS) is 14.3. The predicted octanol–water partition coefficient (Wildman–Crippen LogP) is -0.775. The Balaban J connectivity index is 1.98. The number of aromatic nitrogens is 1. The van der Waals surface area contributed by atoms with Crippen molar-refractivity contribution in [2.24, 2.45) is 11.5 Å². The molecule has 0 fully saturated rings. The zero-order valence-electron chi connectivity index (χ0n) is 20.1. The van der Waals surface area contributed by atoms with Gasteiger partial charge in [-0.3, -0.25) is 19.2 Å². The molecule has 4 unspecified atom stereocenters. The van der Waals surface area contributed by atoms with Crippen LogP contribution in [0.4, 0.5) is 0 Å². The number of aromatic amines is 1. The Morgan fingerprint density at radius 3 is 2.33 bits per heavy atom. The highest BCUT2D eigenvalue weighted by atomic mass is 32.2. The lowest BCUT2D eigenvalue weighted by atomic mass is 10.0. The van der Waals surface area contributed by atoms with Crippen molar-refractivity contribution in [1.82, 2.24) is 20.9 Å². The molecule has 9 N–H and O–H groups in total. The van der Waals surface area contributed by atoms with Crippen molar-refractivity contribution >= 4 is 52.3 Å². The van der Waals surface area contributed by atoms with Crippen LogP contribution in [0, 0.1) is 0 Å². The van der Waals surface area contributed by atoms with Crippen LogP contribution in [0.15, 0.2) is 30.5 Å². The molecule has 4 atom stereocenters. The number of carbonyl (C=O) groups is 5. The number of rotatable bonds is 14. The standard InChI is InChI=1S/C23H32N6O6S/c1-12(27-21(32)15(24)9-13-11-26-16-6-4-3-5-14(13)16)20(31)29-18(10-19(25)30)22(33)28-17(23(34)35)7-8-36-2/h3-6,11-12,15,17-18,26H,7-10,24H2,1-2H3,(H2,25,30)(H,27,32)(H,28,33)(H,29,31)(H,34,35). The minimum Gasteiger partial charge on any atom is -0.480 e. The number of hydrogen-bond acceptors (Lipinski definition) is 7. The number of hydrogen-bond donors (Lipinski definition) is 7. The largest absolute Gasteiger partial charge is 0.480 e. The molecule has 0 spiro atoms. The summed E-state index contributed by atoms with van der Waals surface area (Å²) in [5.74, 6) is -3.85. The van der Waals surface area contributed by atoms with Gasteiger partial charge in [-0.25, -0.2) is 4.79 Å². The van der Waals surface area contributed by atoms with Crippen molar-refractivity contribution in [2.45, 2.75) is 50.4 Å². The molecule has 1 heterocycles. The van der Waals surface area contributed by atoms with Gasteiger partial charge in [0.1, 0.15) is 18.1 Å². The molecular formula is C23H32N6O6S. The van der Waals surface area contributed by atoms with Gasteiger partial charge in [0.05, 0.1) is 12.5 Å². The van der Waals surface area contributed by atoms with E-state index in [1.807, 2.05) is 24.3 Å². The van der Waals surface area contributed by atoms with Crippen molar-refractivity contribution in [3.05, 3.63) is 36.0 Å². The fraction of sp³-hybridized carbons (Fsp3) is 0.435. The molecule has 1 aromatic heterocycles. The molecule has 12 nitrogen and oxygen atoms in total. The van der Waals surface area contributed by atoms with Crippen LogP contribution in [-0.2, 0) is 30.4 Å². The average Bonchev–Trinajstić information content (AvgIpc) is 3.23. The highest BCUT2D eigenvalue weighted by Crippen LogP contribution is 2.18. The number of fused-ring (bicyclic) bond motifs is 1. The van der Waals surface area contributed by atoms with Gasteiger partial charge in [-0.1, -0.05) is 18.2 Å². The van der Waals surface area contributed by atoms with E-state index >= 15 is 0 Å². The third kappa shape index (κ3) is 8.27. The predicted molar refractivity (Wildman–Crippen MR) is 136 cm³/mol. The molecule has 0 bridgehead atoms. The lowest BCUT2D eigenvalue weighted by Gasteiger charge is -2.23. The second-order valence-electron chi connectivity index (χ2n) is 8.31. The third-order valence-electron chi connectivity index (χ3n) is 5.47. The van der Waals surface area contributed by atoms with Crippen molar-refractivity contribution in [1.29, 1.82) is 0 Å². The fourth-order valence-electron chi connectivity index (χ4n) is 3.49. The van der Waals surface area contributed by atoms with Crippen LogP contribution in [-0.4, -0.2) is 75.9 Å². The molecule has 4 amide bonds. The van der Waals surface area contributed by atoms with Gasteiger partial charge in [0.2, 0.25) is 23.6 Å². The van der Waals surface area contributed by atoms with Crippen molar-refractivity contribution in [2.75, 3.05) is 12.0 Å². The smallest absolute Gasteiger partial charge is 0.326 e. The maximum absolute atomic E-state index is 12.7. The Labute approximate surface area is 212 Å². The summed E-state index contributed by atoms with van der Waals surface area (Å²) in [5, 5.41) is 17.4. The first-order valence-corrected chi connectivity index (χ1v) is 12.6. The topological polar surface area (TPSA) is 209 Å². The molecule has 0 saturated heterocycles. The Bertz CT molecular complexity index is 1110. The fourth-order valence-corrected chi connectivity index (χ4v) is 3.96. The zero-order valence-corrected chi connectivity index (χ0v) is 20.9. The summed E-state index contributed by atoms with van der Waals surface area (Å²) in [6.07, 6.45) is 3.39. The van der Waals surface area contributed by atoms with Crippen LogP contribution in [0.2, 0.25) is 0 Å². The lowest BCUT2D eigenvalue weighted by Crippen LogP contribution is -2.57. The van der Waals surface area contributed by atoms with Gasteiger partial charge in [0.15, 0.2) is 0 Å². The Hall–Kier alpha value is -3.58. The summed E-state index contributed by atoms with van der Waals surface area (Å²) in [5.41, 5.74) is 13.0. The van der Waals surface area contributed by atoms with Gasteiger partial charge in [0.25, 0.3) is 0 Å². The molecule has 0 saturated carbocycles. The molecule has 196 valence electrons. The van der Waals surface area contributed by atoms with E-state index in [0.29, 0.717) is 5.75 Å². The average molecular weight is 521 g/mol. The number of aliphatic carboxylic acids is 1. The highest BCUT2D eigenvalue weighted by molar-refractivity contribution is 7.98. The molecule has 13 heteroatoms.